The minimum Gasteiger partial charge on any atom is -0.391 e. The zero-order valence-electron chi connectivity index (χ0n) is 15.2. The van der Waals surface area contributed by atoms with Gasteiger partial charge in [-0.15, -0.1) is 0 Å². The van der Waals surface area contributed by atoms with Crippen LogP contribution in [0.4, 0.5) is 5.95 Å². The summed E-state index contributed by atoms with van der Waals surface area (Å²) in [7, 11) is 1.98. The van der Waals surface area contributed by atoms with Gasteiger partial charge in [-0.3, -0.25) is 4.79 Å². The van der Waals surface area contributed by atoms with Gasteiger partial charge in [0.05, 0.1) is 17.1 Å². The highest BCUT2D eigenvalue weighted by Gasteiger charge is 2.24. The number of rotatable bonds is 4. The molecule has 2 aromatic rings. The molecule has 6 nitrogen and oxygen atoms in total. The molecule has 2 heterocycles. The molecular formula is C20H26N4O2. The van der Waals surface area contributed by atoms with Crippen molar-refractivity contribution in [3.05, 3.63) is 35.4 Å². The first-order chi connectivity index (χ1) is 12.6. The molecule has 0 radical (unpaired) electrons. The first-order valence-corrected chi connectivity index (χ1v) is 9.47. The van der Waals surface area contributed by atoms with Crippen molar-refractivity contribution in [3.8, 4) is 0 Å². The number of anilines is 1. The van der Waals surface area contributed by atoms with Gasteiger partial charge in [-0.1, -0.05) is 11.6 Å². The molecule has 0 bridgehead atoms. The maximum Gasteiger partial charge on any atom is 0.251 e. The summed E-state index contributed by atoms with van der Waals surface area (Å²) < 4.78 is 2.03. The number of allylic oxidation sites excluding steroid dienone is 1. The Kier molecular flexibility index (Phi) is 4.68. The molecule has 0 unspecified atom stereocenters. The fourth-order valence-electron chi connectivity index (χ4n) is 3.90. The Balaban J connectivity index is 1.51. The molecule has 1 aromatic carbocycles. The second kappa shape index (κ2) is 7.11. The number of carbonyl (C=O) groups excluding carboxylic acids is 1. The van der Waals surface area contributed by atoms with E-state index in [2.05, 4.69) is 16.3 Å². The SMILES string of the molecule is Cn1c(N2CC[C@H](O)C2)nc2cc(C(=O)NCC3=CCCCC3)ccc21. The molecule has 1 aliphatic heterocycles. The minimum absolute atomic E-state index is 0.0535. The highest BCUT2D eigenvalue weighted by atomic mass is 16.3. The fraction of sp³-hybridized carbons (Fsp3) is 0.500. The lowest BCUT2D eigenvalue weighted by Crippen LogP contribution is -2.26. The van der Waals surface area contributed by atoms with Crippen LogP contribution in [0.25, 0.3) is 11.0 Å². The zero-order valence-corrected chi connectivity index (χ0v) is 15.2. The minimum atomic E-state index is -0.287. The Hall–Kier alpha value is -2.34. The van der Waals surface area contributed by atoms with Crippen molar-refractivity contribution in [1.82, 2.24) is 14.9 Å². The number of aliphatic hydroxyl groups is 1. The van der Waals surface area contributed by atoms with E-state index >= 15 is 0 Å². The molecule has 0 spiro atoms. The molecule has 4 rings (SSSR count). The largest absolute Gasteiger partial charge is 0.391 e. The first kappa shape index (κ1) is 17.1. The number of amides is 1. The molecule has 138 valence electrons. The average molecular weight is 354 g/mol. The molecule has 2 N–H and O–H groups in total. The number of nitrogens with one attached hydrogen (secondary N) is 1. The molecule has 1 fully saturated rings. The average Bonchev–Trinajstić information content (AvgIpc) is 3.23. The van der Waals surface area contributed by atoms with Gasteiger partial charge in [0.1, 0.15) is 0 Å². The predicted molar refractivity (Wildman–Crippen MR) is 102 cm³/mol. The van der Waals surface area contributed by atoms with Crippen LogP contribution in [0.5, 0.6) is 0 Å². The monoisotopic (exact) mass is 354 g/mol. The molecule has 1 aromatic heterocycles. The van der Waals surface area contributed by atoms with Crippen LogP contribution in [0.3, 0.4) is 0 Å². The van der Waals surface area contributed by atoms with Crippen molar-refractivity contribution in [3.63, 3.8) is 0 Å². The van der Waals surface area contributed by atoms with Crippen LogP contribution in [0, 0.1) is 0 Å². The number of benzene rings is 1. The number of aryl methyl sites for hydroxylation is 1. The molecule has 1 aliphatic carbocycles. The Morgan fingerprint density at radius 1 is 1.38 bits per heavy atom. The Bertz CT molecular complexity index is 855. The summed E-state index contributed by atoms with van der Waals surface area (Å²) >= 11 is 0. The van der Waals surface area contributed by atoms with Crippen LogP contribution in [-0.4, -0.2) is 46.3 Å². The van der Waals surface area contributed by atoms with Gasteiger partial charge in [0.15, 0.2) is 0 Å². The number of aromatic nitrogens is 2. The quantitative estimate of drug-likeness (QED) is 0.827. The molecule has 1 atom stereocenters. The van der Waals surface area contributed by atoms with E-state index in [1.807, 2.05) is 29.8 Å². The summed E-state index contributed by atoms with van der Waals surface area (Å²) in [5.74, 6) is 0.795. The van der Waals surface area contributed by atoms with E-state index < -0.39 is 0 Å². The van der Waals surface area contributed by atoms with Crippen LogP contribution in [0.1, 0.15) is 42.5 Å². The van der Waals surface area contributed by atoms with Gasteiger partial charge in [-0.05, 0) is 50.3 Å². The third kappa shape index (κ3) is 3.33. The van der Waals surface area contributed by atoms with Crippen LogP contribution < -0.4 is 10.2 Å². The van der Waals surface area contributed by atoms with Crippen molar-refractivity contribution in [2.75, 3.05) is 24.5 Å². The molecule has 26 heavy (non-hydrogen) atoms. The molecule has 2 aliphatic rings. The lowest BCUT2D eigenvalue weighted by molar-refractivity contribution is 0.0956. The third-order valence-corrected chi connectivity index (χ3v) is 5.43. The van der Waals surface area contributed by atoms with Crippen LogP contribution in [0.15, 0.2) is 29.8 Å². The summed E-state index contributed by atoms with van der Waals surface area (Å²) in [6.07, 6.45) is 7.42. The number of nitrogens with zero attached hydrogens (tertiary/aromatic N) is 3. The number of β-amino-alcohol motifs (C(OH)–C–C–N with tert-alkyl or cyclic N) is 1. The van der Waals surface area contributed by atoms with E-state index in [4.69, 9.17) is 4.98 Å². The Morgan fingerprint density at radius 3 is 3.00 bits per heavy atom. The van der Waals surface area contributed by atoms with Crippen molar-refractivity contribution in [2.24, 2.45) is 7.05 Å². The number of hydrogen-bond acceptors (Lipinski definition) is 4. The standard InChI is InChI=1S/C20H26N4O2/c1-23-18-8-7-15(19(26)21-12-14-5-3-2-4-6-14)11-17(18)22-20(23)24-10-9-16(25)13-24/h5,7-8,11,16,25H,2-4,6,9-10,12-13H2,1H3,(H,21,26)/t16-/m0/s1. The molecule has 1 saturated heterocycles. The van der Waals surface area contributed by atoms with Gasteiger partial charge >= 0.3 is 0 Å². The van der Waals surface area contributed by atoms with E-state index in [1.54, 1.807) is 0 Å². The smallest absolute Gasteiger partial charge is 0.251 e. The summed E-state index contributed by atoms with van der Waals surface area (Å²) in [4.78, 5) is 19.3. The van der Waals surface area contributed by atoms with Crippen molar-refractivity contribution < 1.29 is 9.90 Å². The molecular weight excluding hydrogens is 328 g/mol. The topological polar surface area (TPSA) is 70.4 Å². The highest BCUT2D eigenvalue weighted by molar-refractivity contribution is 5.97. The fourth-order valence-corrected chi connectivity index (χ4v) is 3.90. The second-order valence-electron chi connectivity index (χ2n) is 7.35. The third-order valence-electron chi connectivity index (χ3n) is 5.43. The van der Waals surface area contributed by atoms with Crippen LogP contribution >= 0.6 is 0 Å². The number of imidazole rings is 1. The highest BCUT2D eigenvalue weighted by Crippen LogP contribution is 2.25. The van der Waals surface area contributed by atoms with Gasteiger partial charge in [-0.25, -0.2) is 4.98 Å². The van der Waals surface area contributed by atoms with Crippen LogP contribution in [0.2, 0.25) is 0 Å². The summed E-state index contributed by atoms with van der Waals surface area (Å²) in [5.41, 5.74) is 3.78. The molecule has 0 saturated carbocycles. The van der Waals surface area contributed by atoms with E-state index in [0.717, 1.165) is 42.8 Å². The van der Waals surface area contributed by atoms with Crippen molar-refractivity contribution >= 4 is 22.9 Å². The van der Waals surface area contributed by atoms with E-state index in [-0.39, 0.29) is 12.0 Å². The van der Waals surface area contributed by atoms with E-state index in [0.29, 0.717) is 18.7 Å². The lowest BCUT2D eigenvalue weighted by atomic mass is 9.99. The van der Waals surface area contributed by atoms with Gasteiger partial charge < -0.3 is 19.9 Å². The molecule has 6 heteroatoms. The van der Waals surface area contributed by atoms with Gasteiger partial charge in [-0.2, -0.15) is 0 Å². The maximum atomic E-state index is 12.5. The summed E-state index contributed by atoms with van der Waals surface area (Å²) in [6, 6.07) is 5.67. The van der Waals surface area contributed by atoms with Gasteiger partial charge in [0.25, 0.3) is 5.91 Å². The normalized spacial score (nSPS) is 20.5. The first-order valence-electron chi connectivity index (χ1n) is 9.47. The van der Waals surface area contributed by atoms with E-state index in [1.165, 1.54) is 18.4 Å². The number of carbonyl (C=O) groups is 1. The van der Waals surface area contributed by atoms with Crippen molar-refractivity contribution in [2.45, 2.75) is 38.2 Å². The van der Waals surface area contributed by atoms with Crippen LogP contribution in [-0.2, 0) is 7.05 Å². The summed E-state index contributed by atoms with van der Waals surface area (Å²) in [6.45, 7) is 2.05. The predicted octanol–water partition coefficient (Wildman–Crippen LogP) is 2.37. The Labute approximate surface area is 153 Å². The van der Waals surface area contributed by atoms with Gasteiger partial charge in [0, 0.05) is 32.2 Å². The van der Waals surface area contributed by atoms with Crippen molar-refractivity contribution in [1.29, 1.82) is 0 Å². The van der Waals surface area contributed by atoms with Gasteiger partial charge in [0.2, 0.25) is 5.95 Å². The second-order valence-corrected chi connectivity index (χ2v) is 7.35. The Morgan fingerprint density at radius 2 is 2.27 bits per heavy atom. The number of fused-ring (bicyclic) bond motifs is 1. The molecule has 1 amide bonds. The maximum absolute atomic E-state index is 12.5. The summed E-state index contributed by atoms with van der Waals surface area (Å²) in [5, 5.41) is 12.8. The zero-order chi connectivity index (χ0) is 18.1. The lowest BCUT2D eigenvalue weighted by Gasteiger charge is -2.16. The number of aliphatic hydroxyl groups excluding tert-OH is 1. The van der Waals surface area contributed by atoms with E-state index in [9.17, 15) is 9.90 Å². The number of hydrogen-bond donors (Lipinski definition) is 2.